The first-order valence-electron chi connectivity index (χ1n) is 13.0. The molecule has 2 aromatic rings. The summed E-state index contributed by atoms with van der Waals surface area (Å²) in [6.07, 6.45) is -3.90. The number of carbonyl (C=O) groups excluding carboxylic acids is 2. The van der Waals surface area contributed by atoms with E-state index in [2.05, 4.69) is 0 Å². The molecule has 9 heteroatoms. The molecular formula is C29H36F3N3O3. The van der Waals surface area contributed by atoms with E-state index in [1.807, 2.05) is 63.9 Å². The molecule has 0 saturated carbocycles. The maximum absolute atomic E-state index is 14.1. The standard InChI is InChI=1S/C29H36F3N3O3/c1-20-6-8-21(9-7-20)14-17-35-24(22-10-12-23(13-11-22)29(30,31)32)33(5)28(25(35)36)15-18-34(19-16-28)26(37)38-27(2,3)4/h6-13,24H,14-19H2,1-5H3. The van der Waals surface area contributed by atoms with Gasteiger partial charge in [-0.15, -0.1) is 0 Å². The molecular weight excluding hydrogens is 495 g/mol. The van der Waals surface area contributed by atoms with E-state index in [4.69, 9.17) is 4.74 Å². The molecule has 2 fully saturated rings. The summed E-state index contributed by atoms with van der Waals surface area (Å²) in [6, 6.07) is 13.2. The molecule has 0 bridgehead atoms. The lowest BCUT2D eigenvalue weighted by Gasteiger charge is -2.42. The Labute approximate surface area is 222 Å². The number of amides is 2. The first-order valence-corrected chi connectivity index (χ1v) is 13.0. The van der Waals surface area contributed by atoms with Crippen molar-refractivity contribution in [2.24, 2.45) is 0 Å². The van der Waals surface area contributed by atoms with E-state index in [1.54, 1.807) is 9.80 Å². The zero-order valence-corrected chi connectivity index (χ0v) is 22.6. The molecule has 38 heavy (non-hydrogen) atoms. The van der Waals surface area contributed by atoms with Crippen molar-refractivity contribution in [2.75, 3.05) is 26.7 Å². The Hall–Kier alpha value is -3.07. The lowest BCUT2D eigenvalue weighted by molar-refractivity contribution is -0.138. The summed E-state index contributed by atoms with van der Waals surface area (Å²) in [5.41, 5.74) is 0.664. The molecule has 2 heterocycles. The van der Waals surface area contributed by atoms with Crippen molar-refractivity contribution in [3.8, 4) is 0 Å². The third-order valence-corrected chi connectivity index (χ3v) is 7.54. The number of likely N-dealkylation sites (tertiary alicyclic amines) is 1. The molecule has 4 rings (SSSR count). The van der Waals surface area contributed by atoms with E-state index in [9.17, 15) is 22.8 Å². The summed E-state index contributed by atoms with van der Waals surface area (Å²) < 4.78 is 45.2. The van der Waals surface area contributed by atoms with Crippen LogP contribution in [0.15, 0.2) is 48.5 Å². The minimum Gasteiger partial charge on any atom is -0.444 e. The number of hydrogen-bond acceptors (Lipinski definition) is 4. The Morgan fingerprint density at radius 1 is 1.00 bits per heavy atom. The van der Waals surface area contributed by atoms with Gasteiger partial charge in [-0.1, -0.05) is 42.0 Å². The van der Waals surface area contributed by atoms with Gasteiger partial charge in [-0.05, 0) is 77.3 Å². The van der Waals surface area contributed by atoms with E-state index in [-0.39, 0.29) is 5.91 Å². The number of aryl methyl sites for hydroxylation is 1. The van der Waals surface area contributed by atoms with Crippen LogP contribution in [0, 0.1) is 6.92 Å². The zero-order chi connectivity index (χ0) is 27.9. The molecule has 1 spiro atoms. The average Bonchev–Trinajstić information content (AvgIpc) is 3.04. The maximum atomic E-state index is 14.1. The van der Waals surface area contributed by atoms with E-state index in [0.717, 1.165) is 23.3 Å². The molecule has 6 nitrogen and oxygen atoms in total. The highest BCUT2D eigenvalue weighted by Crippen LogP contribution is 2.45. The topological polar surface area (TPSA) is 53.1 Å². The lowest BCUT2D eigenvalue weighted by atomic mass is 9.86. The molecule has 1 unspecified atom stereocenters. The van der Waals surface area contributed by atoms with Crippen LogP contribution in [0.2, 0.25) is 0 Å². The van der Waals surface area contributed by atoms with Gasteiger partial charge in [0.15, 0.2) is 0 Å². The largest absolute Gasteiger partial charge is 0.444 e. The average molecular weight is 532 g/mol. The highest BCUT2D eigenvalue weighted by molar-refractivity contribution is 5.89. The van der Waals surface area contributed by atoms with Crippen LogP contribution in [0.3, 0.4) is 0 Å². The highest BCUT2D eigenvalue weighted by atomic mass is 19.4. The van der Waals surface area contributed by atoms with Crippen LogP contribution in [-0.4, -0.2) is 64.5 Å². The molecule has 0 N–H and O–H groups in total. The van der Waals surface area contributed by atoms with Crippen LogP contribution in [0.5, 0.6) is 0 Å². The lowest BCUT2D eigenvalue weighted by Crippen LogP contribution is -2.56. The molecule has 0 aromatic heterocycles. The van der Waals surface area contributed by atoms with Gasteiger partial charge < -0.3 is 14.5 Å². The number of hydrogen-bond donors (Lipinski definition) is 0. The first kappa shape index (κ1) is 28.0. The number of piperidine rings is 1. The van der Waals surface area contributed by atoms with Crippen LogP contribution in [0.25, 0.3) is 0 Å². The van der Waals surface area contributed by atoms with Crippen LogP contribution < -0.4 is 0 Å². The fraction of sp³-hybridized carbons (Fsp3) is 0.517. The van der Waals surface area contributed by atoms with Gasteiger partial charge in [-0.25, -0.2) is 4.79 Å². The van der Waals surface area contributed by atoms with Gasteiger partial charge in [0, 0.05) is 19.6 Å². The zero-order valence-electron chi connectivity index (χ0n) is 22.6. The summed E-state index contributed by atoms with van der Waals surface area (Å²) in [7, 11) is 1.86. The van der Waals surface area contributed by atoms with Crippen LogP contribution in [0.4, 0.5) is 18.0 Å². The van der Waals surface area contributed by atoms with E-state index < -0.39 is 35.1 Å². The van der Waals surface area contributed by atoms with Crippen molar-refractivity contribution < 1.29 is 27.5 Å². The van der Waals surface area contributed by atoms with Gasteiger partial charge in [-0.3, -0.25) is 9.69 Å². The molecule has 2 amide bonds. The summed E-state index contributed by atoms with van der Waals surface area (Å²) in [5.74, 6) is -0.0548. The van der Waals surface area contributed by atoms with Gasteiger partial charge >= 0.3 is 12.3 Å². The second-order valence-electron chi connectivity index (χ2n) is 11.3. The van der Waals surface area contributed by atoms with Gasteiger partial charge in [-0.2, -0.15) is 13.2 Å². The van der Waals surface area contributed by atoms with E-state index in [1.165, 1.54) is 12.1 Å². The van der Waals surface area contributed by atoms with Crippen molar-refractivity contribution in [1.82, 2.24) is 14.7 Å². The number of carbonyl (C=O) groups is 2. The van der Waals surface area contributed by atoms with Crippen molar-refractivity contribution in [2.45, 2.75) is 70.4 Å². The Kier molecular flexibility index (Phi) is 7.54. The third kappa shape index (κ3) is 5.67. The van der Waals surface area contributed by atoms with Gasteiger partial charge in [0.05, 0.1) is 5.56 Å². The monoisotopic (exact) mass is 531 g/mol. The minimum atomic E-state index is -4.43. The number of benzene rings is 2. The van der Waals surface area contributed by atoms with Crippen LogP contribution in [0.1, 0.15) is 62.0 Å². The molecule has 2 aliphatic rings. The minimum absolute atomic E-state index is 0.0548. The summed E-state index contributed by atoms with van der Waals surface area (Å²) in [4.78, 5) is 32.1. The van der Waals surface area contributed by atoms with Crippen LogP contribution >= 0.6 is 0 Å². The Morgan fingerprint density at radius 2 is 1.58 bits per heavy atom. The smallest absolute Gasteiger partial charge is 0.416 e. The quantitative estimate of drug-likeness (QED) is 0.501. The summed E-state index contributed by atoms with van der Waals surface area (Å²) in [5, 5.41) is 0. The molecule has 2 saturated heterocycles. The normalized spacial score (nSPS) is 20.3. The third-order valence-electron chi connectivity index (χ3n) is 7.54. The van der Waals surface area contributed by atoms with Crippen molar-refractivity contribution in [3.05, 3.63) is 70.8 Å². The molecule has 0 radical (unpaired) electrons. The molecule has 0 aliphatic carbocycles. The molecule has 1 atom stereocenters. The van der Waals surface area contributed by atoms with Crippen molar-refractivity contribution in [3.63, 3.8) is 0 Å². The summed E-state index contributed by atoms with van der Waals surface area (Å²) in [6.45, 7) is 8.58. The molecule has 2 aromatic carbocycles. The fourth-order valence-electron chi connectivity index (χ4n) is 5.40. The SMILES string of the molecule is Cc1ccc(CCN2C(=O)C3(CCN(C(=O)OC(C)(C)C)CC3)N(C)C2c2ccc(C(F)(F)F)cc2)cc1. The van der Waals surface area contributed by atoms with E-state index in [0.29, 0.717) is 44.5 Å². The second kappa shape index (κ2) is 10.2. The van der Waals surface area contributed by atoms with Crippen molar-refractivity contribution in [1.29, 1.82) is 0 Å². The predicted octanol–water partition coefficient (Wildman–Crippen LogP) is 5.80. The Balaban J connectivity index is 1.60. The summed E-state index contributed by atoms with van der Waals surface area (Å²) >= 11 is 0. The fourth-order valence-corrected chi connectivity index (χ4v) is 5.40. The Morgan fingerprint density at radius 3 is 2.11 bits per heavy atom. The van der Waals surface area contributed by atoms with Crippen molar-refractivity contribution >= 4 is 12.0 Å². The second-order valence-corrected chi connectivity index (χ2v) is 11.3. The van der Waals surface area contributed by atoms with Gasteiger partial charge in [0.25, 0.3) is 0 Å². The Bertz CT molecular complexity index is 1150. The van der Waals surface area contributed by atoms with Gasteiger partial charge in [0.1, 0.15) is 17.3 Å². The number of nitrogens with zero attached hydrogens (tertiary/aromatic N) is 3. The first-order chi connectivity index (χ1) is 17.7. The number of ether oxygens (including phenoxy) is 1. The number of likely N-dealkylation sites (N-methyl/N-ethyl adjacent to an activating group) is 1. The number of rotatable bonds is 4. The molecule has 2 aliphatic heterocycles. The predicted molar refractivity (Wildman–Crippen MR) is 138 cm³/mol. The van der Waals surface area contributed by atoms with Gasteiger partial charge in [0.2, 0.25) is 5.91 Å². The number of alkyl halides is 3. The van der Waals surface area contributed by atoms with E-state index >= 15 is 0 Å². The maximum Gasteiger partial charge on any atom is 0.416 e. The molecule has 206 valence electrons. The van der Waals surface area contributed by atoms with Crippen LogP contribution in [-0.2, 0) is 22.1 Å². The highest BCUT2D eigenvalue weighted by Gasteiger charge is 2.57. The number of halogens is 3.